The third-order valence-electron chi connectivity index (χ3n) is 4.27. The van der Waals surface area contributed by atoms with Gasteiger partial charge in [0.1, 0.15) is 0 Å². The normalized spacial score (nSPS) is 27.1. The van der Waals surface area contributed by atoms with Crippen molar-refractivity contribution in [3.63, 3.8) is 0 Å². The molecule has 3 unspecified atom stereocenters. The van der Waals surface area contributed by atoms with Crippen molar-refractivity contribution in [1.29, 1.82) is 0 Å². The van der Waals surface area contributed by atoms with Crippen molar-refractivity contribution >= 4 is 0 Å². The molecule has 3 atom stereocenters. The SMILES string of the molecule is Cc1ccc(C(C)NC2CCN(C)C(C)C2)cc1. The molecule has 1 N–H and O–H groups in total. The molecule has 1 saturated heterocycles. The first-order valence-electron chi connectivity index (χ1n) is 7.09. The van der Waals surface area contributed by atoms with Crippen molar-refractivity contribution in [3.05, 3.63) is 35.4 Å². The summed E-state index contributed by atoms with van der Waals surface area (Å²) in [6.45, 7) is 7.94. The Labute approximate surface area is 111 Å². The van der Waals surface area contributed by atoms with Crippen LogP contribution in [0, 0.1) is 6.92 Å². The molecule has 0 radical (unpaired) electrons. The van der Waals surface area contributed by atoms with Gasteiger partial charge in [-0.15, -0.1) is 0 Å². The third kappa shape index (κ3) is 3.33. The molecule has 0 saturated carbocycles. The highest BCUT2D eigenvalue weighted by molar-refractivity contribution is 5.23. The molecule has 1 fully saturated rings. The molecular weight excluding hydrogens is 220 g/mol. The van der Waals surface area contributed by atoms with Gasteiger partial charge in [-0.05, 0) is 52.8 Å². The second kappa shape index (κ2) is 5.85. The number of nitrogens with one attached hydrogen (secondary N) is 1. The molecule has 0 aromatic heterocycles. The lowest BCUT2D eigenvalue weighted by molar-refractivity contribution is 0.163. The molecule has 100 valence electrons. The Morgan fingerprint density at radius 1 is 1.28 bits per heavy atom. The summed E-state index contributed by atoms with van der Waals surface area (Å²) in [6.07, 6.45) is 2.52. The highest BCUT2D eigenvalue weighted by Crippen LogP contribution is 2.20. The fraction of sp³-hybridized carbons (Fsp3) is 0.625. The van der Waals surface area contributed by atoms with Crippen molar-refractivity contribution in [2.24, 2.45) is 0 Å². The maximum atomic E-state index is 3.78. The van der Waals surface area contributed by atoms with E-state index in [9.17, 15) is 0 Å². The topological polar surface area (TPSA) is 15.3 Å². The van der Waals surface area contributed by atoms with Gasteiger partial charge in [0.05, 0.1) is 0 Å². The predicted octanol–water partition coefficient (Wildman–Crippen LogP) is 3.13. The molecule has 1 aliphatic heterocycles. The highest BCUT2D eigenvalue weighted by atomic mass is 15.1. The van der Waals surface area contributed by atoms with Gasteiger partial charge >= 0.3 is 0 Å². The molecule has 1 aromatic carbocycles. The number of aryl methyl sites for hydroxylation is 1. The van der Waals surface area contributed by atoms with Crippen LogP contribution in [0.15, 0.2) is 24.3 Å². The van der Waals surface area contributed by atoms with Crippen LogP contribution in [0.3, 0.4) is 0 Å². The quantitative estimate of drug-likeness (QED) is 0.881. The first kappa shape index (κ1) is 13.6. The molecule has 0 spiro atoms. The van der Waals surface area contributed by atoms with E-state index in [2.05, 4.69) is 62.3 Å². The minimum Gasteiger partial charge on any atom is -0.307 e. The molecule has 0 amide bonds. The van der Waals surface area contributed by atoms with Gasteiger partial charge in [0.25, 0.3) is 0 Å². The van der Waals surface area contributed by atoms with Crippen LogP contribution in [0.5, 0.6) is 0 Å². The number of nitrogens with zero attached hydrogens (tertiary/aromatic N) is 1. The van der Waals surface area contributed by atoms with Gasteiger partial charge in [-0.3, -0.25) is 0 Å². The standard InChI is InChI=1S/C16H26N2/c1-12-5-7-15(8-6-12)14(3)17-16-9-10-18(4)13(2)11-16/h5-8,13-14,16-17H,9-11H2,1-4H3. The maximum absolute atomic E-state index is 3.78. The lowest BCUT2D eigenvalue weighted by atomic mass is 9.97. The summed E-state index contributed by atoms with van der Waals surface area (Å²) in [4.78, 5) is 2.45. The number of likely N-dealkylation sites (tertiary alicyclic amines) is 1. The summed E-state index contributed by atoms with van der Waals surface area (Å²) in [5.41, 5.74) is 2.73. The Balaban J connectivity index is 1.91. The first-order chi connectivity index (χ1) is 8.56. The molecule has 1 aromatic rings. The number of hydrogen-bond acceptors (Lipinski definition) is 2. The molecule has 2 rings (SSSR count). The van der Waals surface area contributed by atoms with Crippen LogP contribution in [0.25, 0.3) is 0 Å². The Bertz CT molecular complexity index is 371. The van der Waals surface area contributed by atoms with Gasteiger partial charge in [-0.25, -0.2) is 0 Å². The first-order valence-corrected chi connectivity index (χ1v) is 7.09. The summed E-state index contributed by atoms with van der Waals surface area (Å²) in [7, 11) is 2.23. The summed E-state index contributed by atoms with van der Waals surface area (Å²) >= 11 is 0. The third-order valence-corrected chi connectivity index (χ3v) is 4.27. The molecule has 2 nitrogen and oxygen atoms in total. The van der Waals surface area contributed by atoms with Crippen LogP contribution >= 0.6 is 0 Å². The zero-order valence-electron chi connectivity index (χ0n) is 12.1. The van der Waals surface area contributed by atoms with E-state index in [4.69, 9.17) is 0 Å². The zero-order chi connectivity index (χ0) is 13.1. The van der Waals surface area contributed by atoms with Crippen LogP contribution in [0.1, 0.15) is 43.9 Å². The van der Waals surface area contributed by atoms with Gasteiger partial charge in [0.2, 0.25) is 0 Å². The smallest absolute Gasteiger partial charge is 0.0294 e. The largest absolute Gasteiger partial charge is 0.307 e. The van der Waals surface area contributed by atoms with Gasteiger partial charge in [-0.2, -0.15) is 0 Å². The fourth-order valence-electron chi connectivity index (χ4n) is 2.75. The van der Waals surface area contributed by atoms with Gasteiger partial charge < -0.3 is 10.2 Å². The van der Waals surface area contributed by atoms with E-state index in [0.717, 1.165) is 0 Å². The molecule has 2 heteroatoms. The number of rotatable bonds is 3. The number of hydrogen-bond donors (Lipinski definition) is 1. The summed E-state index contributed by atoms with van der Waals surface area (Å²) < 4.78 is 0. The van der Waals surface area contributed by atoms with Crippen LogP contribution in [-0.2, 0) is 0 Å². The van der Waals surface area contributed by atoms with Crippen molar-refractivity contribution in [2.45, 2.75) is 51.7 Å². The molecule has 18 heavy (non-hydrogen) atoms. The molecule has 1 heterocycles. The molecule has 0 bridgehead atoms. The highest BCUT2D eigenvalue weighted by Gasteiger charge is 2.23. The molecule has 1 aliphatic rings. The van der Waals surface area contributed by atoms with E-state index < -0.39 is 0 Å². The van der Waals surface area contributed by atoms with Crippen molar-refractivity contribution in [3.8, 4) is 0 Å². The number of piperidine rings is 1. The summed E-state index contributed by atoms with van der Waals surface area (Å²) in [5.74, 6) is 0. The Morgan fingerprint density at radius 3 is 2.56 bits per heavy atom. The van der Waals surface area contributed by atoms with E-state index in [0.29, 0.717) is 18.1 Å². The van der Waals surface area contributed by atoms with E-state index in [1.807, 2.05) is 0 Å². The van der Waals surface area contributed by atoms with Crippen LogP contribution in [0.2, 0.25) is 0 Å². The van der Waals surface area contributed by atoms with E-state index in [1.165, 1.54) is 30.5 Å². The Kier molecular flexibility index (Phi) is 4.41. The van der Waals surface area contributed by atoms with Gasteiger partial charge in [0.15, 0.2) is 0 Å². The predicted molar refractivity (Wildman–Crippen MR) is 77.8 cm³/mol. The van der Waals surface area contributed by atoms with E-state index in [-0.39, 0.29) is 0 Å². The van der Waals surface area contributed by atoms with E-state index in [1.54, 1.807) is 0 Å². The average Bonchev–Trinajstić information content (AvgIpc) is 2.34. The van der Waals surface area contributed by atoms with Crippen LogP contribution < -0.4 is 5.32 Å². The van der Waals surface area contributed by atoms with Gasteiger partial charge in [0, 0.05) is 18.1 Å². The zero-order valence-corrected chi connectivity index (χ0v) is 12.1. The van der Waals surface area contributed by atoms with Gasteiger partial charge in [-0.1, -0.05) is 29.8 Å². The second-order valence-electron chi connectivity index (χ2n) is 5.85. The lowest BCUT2D eigenvalue weighted by Crippen LogP contribution is -2.46. The van der Waals surface area contributed by atoms with Crippen LogP contribution in [-0.4, -0.2) is 30.6 Å². The number of benzene rings is 1. The van der Waals surface area contributed by atoms with Crippen LogP contribution in [0.4, 0.5) is 0 Å². The molecule has 0 aliphatic carbocycles. The Hall–Kier alpha value is -0.860. The van der Waals surface area contributed by atoms with Crippen molar-refractivity contribution in [1.82, 2.24) is 10.2 Å². The Morgan fingerprint density at radius 2 is 1.94 bits per heavy atom. The average molecular weight is 246 g/mol. The van der Waals surface area contributed by atoms with Crippen molar-refractivity contribution in [2.75, 3.05) is 13.6 Å². The second-order valence-corrected chi connectivity index (χ2v) is 5.85. The lowest BCUT2D eigenvalue weighted by Gasteiger charge is -2.36. The summed E-state index contributed by atoms with van der Waals surface area (Å²) in [5, 5.41) is 3.78. The molecular formula is C16H26N2. The fourth-order valence-corrected chi connectivity index (χ4v) is 2.75. The van der Waals surface area contributed by atoms with Crippen molar-refractivity contribution < 1.29 is 0 Å². The minimum atomic E-state index is 0.450. The summed E-state index contributed by atoms with van der Waals surface area (Å²) in [6, 6.07) is 10.7. The maximum Gasteiger partial charge on any atom is 0.0294 e. The van der Waals surface area contributed by atoms with E-state index >= 15 is 0 Å². The minimum absolute atomic E-state index is 0.450. The monoisotopic (exact) mass is 246 g/mol.